The van der Waals surface area contributed by atoms with Crippen LogP contribution in [-0.4, -0.2) is 17.1 Å². The summed E-state index contributed by atoms with van der Waals surface area (Å²) in [5, 5.41) is 15.9. The zero-order valence-corrected chi connectivity index (χ0v) is 16.3. The third-order valence-corrected chi connectivity index (χ3v) is 4.46. The van der Waals surface area contributed by atoms with Crippen molar-refractivity contribution in [3.05, 3.63) is 90.5 Å². The Morgan fingerprint density at radius 1 is 0.800 bits per heavy atom. The third kappa shape index (κ3) is 4.21. The van der Waals surface area contributed by atoms with Crippen molar-refractivity contribution in [2.45, 2.75) is 0 Å². The Bertz CT molecular complexity index is 1200. The average Bonchev–Trinajstić information content (AvgIpc) is 2.80. The standard InChI is InChI=1S/C24H19N5O/c1-30-22-14-8-7-13-20(22)27-24-28-21(17-9-3-2-4-10-17)15-23(29-24)26-19-12-6-5-11-18(19)16-25/h2-15H,1H3,(H2,26,27,28,29). The number of hydrogen-bond acceptors (Lipinski definition) is 6. The molecule has 2 N–H and O–H groups in total. The van der Waals surface area contributed by atoms with Crippen molar-refractivity contribution in [2.75, 3.05) is 17.7 Å². The van der Waals surface area contributed by atoms with Crippen LogP contribution in [0, 0.1) is 11.3 Å². The molecule has 1 heterocycles. The number of rotatable bonds is 6. The molecule has 0 aliphatic carbocycles. The number of ether oxygens (including phenoxy) is 1. The maximum atomic E-state index is 9.39. The maximum Gasteiger partial charge on any atom is 0.229 e. The fraction of sp³-hybridized carbons (Fsp3) is 0.0417. The van der Waals surface area contributed by atoms with Crippen LogP contribution in [0.4, 0.5) is 23.1 Å². The van der Waals surface area contributed by atoms with E-state index in [4.69, 9.17) is 4.74 Å². The Labute approximate surface area is 174 Å². The van der Waals surface area contributed by atoms with Gasteiger partial charge in [0.1, 0.15) is 17.6 Å². The molecule has 0 bridgehead atoms. The summed E-state index contributed by atoms with van der Waals surface area (Å²) in [6, 6.07) is 28.8. The Kier molecular flexibility index (Phi) is 5.54. The zero-order valence-electron chi connectivity index (χ0n) is 16.3. The Morgan fingerprint density at radius 2 is 1.50 bits per heavy atom. The number of benzene rings is 3. The molecule has 0 aliphatic heterocycles. The van der Waals surface area contributed by atoms with Gasteiger partial charge in [0.05, 0.1) is 29.7 Å². The number of aromatic nitrogens is 2. The summed E-state index contributed by atoms with van der Waals surface area (Å²) in [6.45, 7) is 0. The number of nitriles is 1. The third-order valence-electron chi connectivity index (χ3n) is 4.46. The highest BCUT2D eigenvalue weighted by Gasteiger charge is 2.11. The van der Waals surface area contributed by atoms with E-state index in [1.54, 1.807) is 13.2 Å². The van der Waals surface area contributed by atoms with Crippen molar-refractivity contribution >= 4 is 23.1 Å². The van der Waals surface area contributed by atoms with Gasteiger partial charge in [0.15, 0.2) is 0 Å². The van der Waals surface area contributed by atoms with Crippen LogP contribution >= 0.6 is 0 Å². The molecule has 6 heteroatoms. The van der Waals surface area contributed by atoms with Gasteiger partial charge in [0, 0.05) is 11.6 Å². The van der Waals surface area contributed by atoms with E-state index in [1.165, 1.54) is 0 Å². The van der Waals surface area contributed by atoms with Gasteiger partial charge in [-0.15, -0.1) is 0 Å². The fourth-order valence-electron chi connectivity index (χ4n) is 3.02. The van der Waals surface area contributed by atoms with Gasteiger partial charge >= 0.3 is 0 Å². The first-order valence-corrected chi connectivity index (χ1v) is 9.37. The van der Waals surface area contributed by atoms with Crippen molar-refractivity contribution in [2.24, 2.45) is 0 Å². The first-order valence-electron chi connectivity index (χ1n) is 9.37. The molecule has 6 nitrogen and oxygen atoms in total. The smallest absolute Gasteiger partial charge is 0.229 e. The molecule has 0 fully saturated rings. The second kappa shape index (κ2) is 8.76. The molecule has 1 aromatic heterocycles. The molecule has 3 aromatic carbocycles. The highest BCUT2D eigenvalue weighted by atomic mass is 16.5. The molecule has 0 atom stereocenters. The number of nitrogens with one attached hydrogen (secondary N) is 2. The minimum Gasteiger partial charge on any atom is -0.495 e. The molecule has 4 aromatic rings. The fourth-order valence-corrected chi connectivity index (χ4v) is 3.02. The summed E-state index contributed by atoms with van der Waals surface area (Å²) < 4.78 is 5.42. The van der Waals surface area contributed by atoms with Gasteiger partial charge in [-0.3, -0.25) is 0 Å². The first kappa shape index (κ1) is 19.0. The average molecular weight is 393 g/mol. The topological polar surface area (TPSA) is 82.9 Å². The van der Waals surface area contributed by atoms with E-state index in [0.717, 1.165) is 16.9 Å². The van der Waals surface area contributed by atoms with Crippen LogP contribution < -0.4 is 15.4 Å². The molecule has 4 rings (SSSR count). The monoisotopic (exact) mass is 393 g/mol. The molecule has 30 heavy (non-hydrogen) atoms. The molecule has 0 unspecified atom stereocenters. The quantitative estimate of drug-likeness (QED) is 0.449. The van der Waals surface area contributed by atoms with Gasteiger partial charge in [0.2, 0.25) is 5.95 Å². The second-order valence-corrected chi connectivity index (χ2v) is 6.44. The van der Waals surface area contributed by atoms with Gasteiger partial charge < -0.3 is 15.4 Å². The number of methoxy groups -OCH3 is 1. The maximum absolute atomic E-state index is 9.39. The van der Waals surface area contributed by atoms with E-state index in [9.17, 15) is 5.26 Å². The van der Waals surface area contributed by atoms with E-state index in [1.807, 2.05) is 78.9 Å². The van der Waals surface area contributed by atoms with Crippen LogP contribution in [0.15, 0.2) is 84.9 Å². The highest BCUT2D eigenvalue weighted by molar-refractivity contribution is 5.71. The molecular formula is C24H19N5O. The number of nitrogens with zero attached hydrogens (tertiary/aromatic N) is 3. The normalized spacial score (nSPS) is 10.1. The van der Waals surface area contributed by atoms with E-state index < -0.39 is 0 Å². The highest BCUT2D eigenvalue weighted by Crippen LogP contribution is 2.29. The molecule has 146 valence electrons. The van der Waals surface area contributed by atoms with Crippen molar-refractivity contribution < 1.29 is 4.74 Å². The minimum absolute atomic E-state index is 0.415. The Balaban J connectivity index is 1.76. The first-order chi connectivity index (χ1) is 14.8. The molecule has 0 spiro atoms. The van der Waals surface area contributed by atoms with E-state index in [0.29, 0.717) is 28.8 Å². The number of hydrogen-bond donors (Lipinski definition) is 2. The Morgan fingerprint density at radius 3 is 2.27 bits per heavy atom. The van der Waals surface area contributed by atoms with Gasteiger partial charge in [-0.05, 0) is 24.3 Å². The van der Waals surface area contributed by atoms with Gasteiger partial charge in [-0.25, -0.2) is 4.98 Å². The summed E-state index contributed by atoms with van der Waals surface area (Å²) in [6.07, 6.45) is 0. The van der Waals surface area contributed by atoms with Crippen LogP contribution in [-0.2, 0) is 0 Å². The Hall–Kier alpha value is -4.37. The number of anilines is 4. The number of para-hydroxylation sites is 3. The lowest BCUT2D eigenvalue weighted by Crippen LogP contribution is -2.04. The molecule has 0 saturated carbocycles. The van der Waals surface area contributed by atoms with E-state index in [-0.39, 0.29) is 0 Å². The minimum atomic E-state index is 0.415. The van der Waals surface area contributed by atoms with Crippen LogP contribution in [0.25, 0.3) is 11.3 Å². The summed E-state index contributed by atoms with van der Waals surface area (Å²) in [5.41, 5.74) is 3.69. The van der Waals surface area contributed by atoms with Crippen LogP contribution in [0.3, 0.4) is 0 Å². The van der Waals surface area contributed by atoms with Gasteiger partial charge in [-0.1, -0.05) is 54.6 Å². The van der Waals surface area contributed by atoms with E-state index in [2.05, 4.69) is 26.7 Å². The van der Waals surface area contributed by atoms with Crippen molar-refractivity contribution in [1.82, 2.24) is 9.97 Å². The zero-order chi connectivity index (χ0) is 20.8. The molecular weight excluding hydrogens is 374 g/mol. The van der Waals surface area contributed by atoms with Crippen molar-refractivity contribution in [3.63, 3.8) is 0 Å². The van der Waals surface area contributed by atoms with Gasteiger partial charge in [-0.2, -0.15) is 10.2 Å². The lowest BCUT2D eigenvalue weighted by Gasteiger charge is -2.13. The second-order valence-electron chi connectivity index (χ2n) is 6.44. The molecule has 0 radical (unpaired) electrons. The lowest BCUT2D eigenvalue weighted by molar-refractivity contribution is 0.417. The van der Waals surface area contributed by atoms with Crippen LogP contribution in [0.1, 0.15) is 5.56 Å². The molecule has 0 aliphatic rings. The summed E-state index contributed by atoms with van der Waals surface area (Å²) in [4.78, 5) is 9.28. The SMILES string of the molecule is COc1ccccc1Nc1nc(Nc2ccccc2C#N)cc(-c2ccccc2)n1. The largest absolute Gasteiger partial charge is 0.495 e. The summed E-state index contributed by atoms with van der Waals surface area (Å²) in [7, 11) is 1.62. The lowest BCUT2D eigenvalue weighted by atomic mass is 10.1. The van der Waals surface area contributed by atoms with Crippen LogP contribution in [0.5, 0.6) is 5.75 Å². The van der Waals surface area contributed by atoms with Crippen LogP contribution in [0.2, 0.25) is 0 Å². The van der Waals surface area contributed by atoms with Crippen molar-refractivity contribution in [3.8, 4) is 23.1 Å². The molecule has 0 saturated heterocycles. The summed E-state index contributed by atoms with van der Waals surface area (Å²) in [5.74, 6) is 1.68. The van der Waals surface area contributed by atoms with Crippen molar-refractivity contribution in [1.29, 1.82) is 5.26 Å². The van der Waals surface area contributed by atoms with E-state index >= 15 is 0 Å². The van der Waals surface area contributed by atoms with Gasteiger partial charge in [0.25, 0.3) is 0 Å². The predicted molar refractivity (Wildman–Crippen MR) is 118 cm³/mol. The summed E-state index contributed by atoms with van der Waals surface area (Å²) >= 11 is 0. The predicted octanol–water partition coefficient (Wildman–Crippen LogP) is 5.51. The molecule has 0 amide bonds.